The molecule has 6 atom stereocenters. The number of hydrogen-bond donors (Lipinski definition) is 4. The van der Waals surface area contributed by atoms with E-state index in [2.05, 4.69) is 30.5 Å². The molecule has 0 aliphatic carbocycles. The van der Waals surface area contributed by atoms with E-state index in [9.17, 15) is 19.1 Å². The molecule has 4 N–H and O–H groups in total. The Morgan fingerprint density at radius 3 is 2.70 bits per heavy atom. The summed E-state index contributed by atoms with van der Waals surface area (Å²) >= 11 is 0. The van der Waals surface area contributed by atoms with E-state index >= 15 is 0 Å². The predicted octanol–water partition coefficient (Wildman–Crippen LogP) is 1.14. The van der Waals surface area contributed by atoms with Crippen molar-refractivity contribution in [2.75, 3.05) is 25.0 Å². The quantitative estimate of drug-likeness (QED) is 0.376. The molecule has 0 radical (unpaired) electrons. The molecule has 2 aliphatic heterocycles. The number of carbonyl (C=O) groups excluding carboxylic acids is 2. The van der Waals surface area contributed by atoms with Crippen LogP contribution in [0, 0.1) is 5.82 Å². The van der Waals surface area contributed by atoms with Gasteiger partial charge in [0.1, 0.15) is 11.9 Å². The molecule has 4 heterocycles. The lowest BCUT2D eigenvalue weighted by molar-refractivity contribution is -0.140. The molecule has 0 unspecified atom stereocenters. The van der Waals surface area contributed by atoms with Gasteiger partial charge in [-0.3, -0.25) is 9.59 Å². The summed E-state index contributed by atoms with van der Waals surface area (Å²) in [6, 6.07) is 4.51. The van der Waals surface area contributed by atoms with Gasteiger partial charge in [-0.25, -0.2) is 14.4 Å². The highest BCUT2D eigenvalue weighted by Crippen LogP contribution is 2.44. The van der Waals surface area contributed by atoms with Crippen molar-refractivity contribution in [1.29, 1.82) is 0 Å². The number of rotatable bonds is 7. The number of likely N-dealkylation sites (tertiary alicyclic amines) is 1. The molecule has 0 bridgehead atoms. The number of aromatic nitrogens is 3. The molecule has 0 spiro atoms. The molecule has 11 heteroatoms. The van der Waals surface area contributed by atoms with Gasteiger partial charge in [0.25, 0.3) is 0 Å². The van der Waals surface area contributed by atoms with Crippen molar-refractivity contribution in [2.45, 2.75) is 56.5 Å². The Bertz CT molecular complexity index is 1280. The van der Waals surface area contributed by atoms with Crippen LogP contribution in [0.5, 0.6) is 0 Å². The summed E-state index contributed by atoms with van der Waals surface area (Å²) in [7, 11) is 1.66. The molecule has 0 saturated carbocycles. The topological polar surface area (TPSA) is 126 Å². The number of amides is 2. The number of aliphatic hydroxyl groups excluding tert-OH is 1. The monoisotopic (exact) mass is 509 g/mol. The highest BCUT2D eigenvalue weighted by molar-refractivity contribution is 5.91. The molecule has 2 aromatic heterocycles. The normalized spacial score (nSPS) is 23.6. The predicted molar refractivity (Wildman–Crippen MR) is 136 cm³/mol. The Kier molecular flexibility index (Phi) is 6.82. The van der Waals surface area contributed by atoms with Crippen molar-refractivity contribution in [3.05, 3.63) is 54.2 Å². The van der Waals surface area contributed by atoms with Crippen LogP contribution in [-0.2, 0) is 9.59 Å². The maximum absolute atomic E-state index is 13.9. The molecule has 196 valence electrons. The Hall–Kier alpha value is -3.57. The van der Waals surface area contributed by atoms with Gasteiger partial charge in [-0.05, 0) is 57.1 Å². The van der Waals surface area contributed by atoms with Crippen molar-refractivity contribution in [3.8, 4) is 0 Å². The fourth-order valence-corrected chi connectivity index (χ4v) is 5.69. The van der Waals surface area contributed by atoms with Crippen LogP contribution in [-0.4, -0.2) is 87.2 Å². The number of hydrogen-bond acceptors (Lipinski definition) is 7. The van der Waals surface area contributed by atoms with Gasteiger partial charge in [0.2, 0.25) is 17.8 Å². The SMILES string of the molecule is CN[C@@H](C)C(=O)N[C@H](C(=O)N1CC[C@@H]2[C@H]1[C@@H](c1c[nH]c3cc(F)ccc13)CN2c1ncccn1)[C@@H](C)O. The molecule has 2 aliphatic rings. The number of benzene rings is 1. The second-order valence-electron chi connectivity index (χ2n) is 9.86. The summed E-state index contributed by atoms with van der Waals surface area (Å²) in [4.78, 5) is 42.5. The van der Waals surface area contributed by atoms with E-state index in [1.54, 1.807) is 43.4 Å². The molecule has 2 amide bonds. The van der Waals surface area contributed by atoms with E-state index < -0.39 is 18.2 Å². The molecular formula is C26H32FN7O3. The van der Waals surface area contributed by atoms with E-state index in [1.807, 2.05) is 6.20 Å². The Morgan fingerprint density at radius 1 is 1.24 bits per heavy atom. The van der Waals surface area contributed by atoms with Gasteiger partial charge < -0.3 is 30.5 Å². The number of fused-ring (bicyclic) bond motifs is 2. The first-order valence-corrected chi connectivity index (χ1v) is 12.6. The summed E-state index contributed by atoms with van der Waals surface area (Å²) in [5, 5.41) is 17.0. The van der Waals surface area contributed by atoms with E-state index in [0.29, 0.717) is 31.0 Å². The summed E-state index contributed by atoms with van der Waals surface area (Å²) in [6.07, 6.45) is 4.88. The minimum Gasteiger partial charge on any atom is -0.391 e. The Morgan fingerprint density at radius 2 is 2.00 bits per heavy atom. The van der Waals surface area contributed by atoms with Gasteiger partial charge >= 0.3 is 0 Å². The van der Waals surface area contributed by atoms with Crippen molar-refractivity contribution >= 4 is 28.7 Å². The number of carbonyl (C=O) groups is 2. The van der Waals surface area contributed by atoms with Crippen LogP contribution in [0.25, 0.3) is 10.9 Å². The van der Waals surface area contributed by atoms with Crippen LogP contribution in [0.1, 0.15) is 31.7 Å². The number of nitrogens with zero attached hydrogens (tertiary/aromatic N) is 4. The molecule has 37 heavy (non-hydrogen) atoms. The maximum atomic E-state index is 13.9. The standard InChI is InChI=1S/C26H32FN7O3/c1-14(28-3)24(36)32-22(15(2)35)25(37)33-10-7-21-23(33)19(13-34(21)26-29-8-4-9-30-26)18-12-31-20-11-16(27)5-6-17(18)20/h4-6,8-9,11-12,14-15,19,21-23,28,31,35H,7,10,13H2,1-3H3,(H,32,36)/t14-,15+,19+,21+,22-,23+/m0/s1. The molecular weight excluding hydrogens is 477 g/mol. The van der Waals surface area contributed by atoms with Gasteiger partial charge in [-0.1, -0.05) is 0 Å². The zero-order valence-corrected chi connectivity index (χ0v) is 21.1. The fraction of sp³-hybridized carbons (Fsp3) is 0.462. The number of likely N-dealkylation sites (N-methyl/N-ethyl adjacent to an activating group) is 1. The summed E-state index contributed by atoms with van der Waals surface area (Å²) in [6.45, 7) is 4.22. The number of H-pyrrole nitrogens is 1. The molecule has 2 saturated heterocycles. The van der Waals surface area contributed by atoms with Crippen molar-refractivity contribution in [3.63, 3.8) is 0 Å². The van der Waals surface area contributed by atoms with Crippen LogP contribution >= 0.6 is 0 Å². The van der Waals surface area contributed by atoms with Crippen LogP contribution in [0.2, 0.25) is 0 Å². The lowest BCUT2D eigenvalue weighted by atomic mass is 9.91. The first-order valence-electron chi connectivity index (χ1n) is 12.6. The Labute approximate surface area is 214 Å². The molecule has 2 fully saturated rings. The molecule has 3 aromatic rings. The van der Waals surface area contributed by atoms with Gasteiger partial charge in [0, 0.05) is 48.5 Å². The molecule has 1 aromatic carbocycles. The van der Waals surface area contributed by atoms with Gasteiger partial charge in [0.15, 0.2) is 0 Å². The van der Waals surface area contributed by atoms with E-state index in [1.165, 1.54) is 19.1 Å². The van der Waals surface area contributed by atoms with Crippen molar-refractivity contribution < 1.29 is 19.1 Å². The lowest BCUT2D eigenvalue weighted by Crippen LogP contribution is -2.58. The number of halogens is 1. The Balaban J connectivity index is 1.51. The molecule has 10 nitrogen and oxygen atoms in total. The van der Waals surface area contributed by atoms with Gasteiger partial charge in [0.05, 0.1) is 24.2 Å². The summed E-state index contributed by atoms with van der Waals surface area (Å²) in [5.74, 6) is -0.553. The third-order valence-electron chi connectivity index (χ3n) is 7.67. The minimum atomic E-state index is -1.08. The molecule has 5 rings (SSSR count). The summed E-state index contributed by atoms with van der Waals surface area (Å²) < 4.78 is 13.9. The smallest absolute Gasteiger partial charge is 0.248 e. The maximum Gasteiger partial charge on any atom is 0.248 e. The first-order chi connectivity index (χ1) is 17.8. The number of aromatic amines is 1. The second-order valence-corrected chi connectivity index (χ2v) is 9.86. The largest absolute Gasteiger partial charge is 0.391 e. The van der Waals surface area contributed by atoms with Crippen LogP contribution in [0.4, 0.5) is 10.3 Å². The number of aliphatic hydroxyl groups is 1. The van der Waals surface area contributed by atoms with E-state index in [-0.39, 0.29) is 35.6 Å². The minimum absolute atomic E-state index is 0.0525. The van der Waals surface area contributed by atoms with Crippen LogP contribution < -0.4 is 15.5 Å². The van der Waals surface area contributed by atoms with E-state index in [4.69, 9.17) is 0 Å². The van der Waals surface area contributed by atoms with E-state index in [0.717, 1.165) is 10.9 Å². The number of anilines is 1. The van der Waals surface area contributed by atoms with Crippen LogP contribution in [0.3, 0.4) is 0 Å². The highest BCUT2D eigenvalue weighted by atomic mass is 19.1. The lowest BCUT2D eigenvalue weighted by Gasteiger charge is -2.33. The fourth-order valence-electron chi connectivity index (χ4n) is 5.69. The average Bonchev–Trinajstić information content (AvgIpc) is 3.60. The van der Waals surface area contributed by atoms with Gasteiger partial charge in [-0.15, -0.1) is 0 Å². The average molecular weight is 510 g/mol. The number of nitrogens with one attached hydrogen (secondary N) is 3. The van der Waals surface area contributed by atoms with Crippen LogP contribution in [0.15, 0.2) is 42.9 Å². The highest BCUT2D eigenvalue weighted by Gasteiger charge is 2.53. The zero-order valence-electron chi connectivity index (χ0n) is 21.1. The zero-order chi connectivity index (χ0) is 26.3. The van der Waals surface area contributed by atoms with Crippen molar-refractivity contribution in [1.82, 2.24) is 30.5 Å². The third-order valence-corrected chi connectivity index (χ3v) is 7.67. The van der Waals surface area contributed by atoms with Gasteiger partial charge in [-0.2, -0.15) is 0 Å². The summed E-state index contributed by atoms with van der Waals surface area (Å²) in [5.41, 5.74) is 1.66. The van der Waals surface area contributed by atoms with Crippen molar-refractivity contribution in [2.24, 2.45) is 0 Å². The first kappa shape index (κ1) is 25.1. The second kappa shape index (κ2) is 10.1. The third kappa shape index (κ3) is 4.53.